The summed E-state index contributed by atoms with van der Waals surface area (Å²) in [6.07, 6.45) is 1.51. The molecule has 2 aromatic carbocycles. The van der Waals surface area contributed by atoms with Crippen molar-refractivity contribution in [1.82, 2.24) is 5.32 Å². The molecule has 102 valence electrons. The summed E-state index contributed by atoms with van der Waals surface area (Å²) >= 11 is 0. The number of carbonyl (C=O) groups is 1. The topological polar surface area (TPSA) is 63.2 Å². The molecule has 1 aliphatic heterocycles. The molecule has 20 heavy (non-hydrogen) atoms. The highest BCUT2D eigenvalue weighted by Gasteiger charge is 2.23. The lowest BCUT2D eigenvalue weighted by atomic mass is 10.0. The molecular formula is C15H13NO3S. The predicted octanol–water partition coefficient (Wildman–Crippen LogP) is 1.88. The Hall–Kier alpha value is -2.14. The summed E-state index contributed by atoms with van der Waals surface area (Å²) < 4.78 is 22.7. The summed E-state index contributed by atoms with van der Waals surface area (Å²) in [4.78, 5) is 12.3. The molecule has 1 amide bonds. The van der Waals surface area contributed by atoms with Gasteiger partial charge in [0.1, 0.15) is 0 Å². The maximum absolute atomic E-state index is 12.3. The Balaban J connectivity index is 1.89. The Bertz CT molecular complexity index is 803. The molecule has 0 fully saturated rings. The normalized spacial score (nSPS) is 20.1. The third kappa shape index (κ3) is 2.44. The molecule has 0 spiro atoms. The van der Waals surface area contributed by atoms with Crippen molar-refractivity contribution < 1.29 is 13.2 Å². The van der Waals surface area contributed by atoms with Crippen LogP contribution in [0.25, 0.3) is 10.8 Å². The van der Waals surface area contributed by atoms with Crippen molar-refractivity contribution in [1.29, 1.82) is 0 Å². The molecule has 1 N–H and O–H groups in total. The van der Waals surface area contributed by atoms with Crippen molar-refractivity contribution in [3.05, 3.63) is 59.5 Å². The Morgan fingerprint density at radius 1 is 1.10 bits per heavy atom. The van der Waals surface area contributed by atoms with Gasteiger partial charge in [0.15, 0.2) is 9.84 Å². The molecule has 0 aromatic heterocycles. The van der Waals surface area contributed by atoms with Crippen LogP contribution in [0.2, 0.25) is 0 Å². The van der Waals surface area contributed by atoms with E-state index in [1.165, 1.54) is 6.08 Å². The van der Waals surface area contributed by atoms with E-state index in [1.807, 2.05) is 36.4 Å². The van der Waals surface area contributed by atoms with Crippen LogP contribution in [0.15, 0.2) is 53.9 Å². The fraction of sp³-hybridized carbons (Fsp3) is 0.133. The molecule has 2 aromatic rings. The Kier molecular flexibility index (Phi) is 3.06. The smallest absolute Gasteiger partial charge is 0.252 e. The summed E-state index contributed by atoms with van der Waals surface area (Å²) in [6.45, 7) is 0. The highest BCUT2D eigenvalue weighted by molar-refractivity contribution is 7.94. The monoisotopic (exact) mass is 287 g/mol. The van der Waals surface area contributed by atoms with Crippen LogP contribution in [0, 0.1) is 0 Å². The van der Waals surface area contributed by atoms with Crippen LogP contribution < -0.4 is 5.32 Å². The first-order chi connectivity index (χ1) is 9.55. The van der Waals surface area contributed by atoms with Gasteiger partial charge in [-0.3, -0.25) is 4.79 Å². The van der Waals surface area contributed by atoms with Gasteiger partial charge in [-0.15, -0.1) is 0 Å². The summed E-state index contributed by atoms with van der Waals surface area (Å²) in [7, 11) is -3.16. The van der Waals surface area contributed by atoms with Crippen LogP contribution in [0.3, 0.4) is 0 Å². The van der Waals surface area contributed by atoms with Gasteiger partial charge in [0.05, 0.1) is 11.8 Å². The highest BCUT2D eigenvalue weighted by Crippen LogP contribution is 2.19. The molecule has 0 bridgehead atoms. The Morgan fingerprint density at radius 2 is 1.85 bits per heavy atom. The minimum absolute atomic E-state index is 0.0660. The van der Waals surface area contributed by atoms with E-state index < -0.39 is 15.9 Å². The minimum atomic E-state index is -3.16. The minimum Gasteiger partial charge on any atom is -0.345 e. The number of hydrogen-bond donors (Lipinski definition) is 1. The van der Waals surface area contributed by atoms with Crippen LogP contribution in [-0.2, 0) is 9.84 Å². The standard InChI is InChI=1S/C15H13NO3S/c17-15(16-12-8-9-20(18,19)10-12)14-7-3-5-11-4-1-2-6-13(11)14/h1-9,12H,10H2,(H,16,17)/t12-/m0/s1. The van der Waals surface area contributed by atoms with E-state index in [0.717, 1.165) is 16.2 Å². The first-order valence-electron chi connectivity index (χ1n) is 6.25. The second kappa shape index (κ2) is 4.76. The van der Waals surface area contributed by atoms with Crippen LogP contribution in [0.5, 0.6) is 0 Å². The molecule has 0 radical (unpaired) electrons. The van der Waals surface area contributed by atoms with E-state index in [4.69, 9.17) is 0 Å². The average molecular weight is 287 g/mol. The molecule has 4 nitrogen and oxygen atoms in total. The summed E-state index contributed by atoms with van der Waals surface area (Å²) in [5, 5.41) is 5.73. The summed E-state index contributed by atoms with van der Waals surface area (Å²) in [5.74, 6) is -0.322. The number of carbonyl (C=O) groups excluding carboxylic acids is 1. The first-order valence-corrected chi connectivity index (χ1v) is 7.96. The molecular weight excluding hydrogens is 274 g/mol. The number of amides is 1. The van der Waals surface area contributed by atoms with Crippen molar-refractivity contribution in [2.75, 3.05) is 5.75 Å². The van der Waals surface area contributed by atoms with Gasteiger partial charge < -0.3 is 5.32 Å². The SMILES string of the molecule is O=C(N[C@H]1C=CS(=O)(=O)C1)c1cccc2ccccc12. The van der Waals surface area contributed by atoms with Gasteiger partial charge >= 0.3 is 0 Å². The average Bonchev–Trinajstić information content (AvgIpc) is 2.77. The van der Waals surface area contributed by atoms with Crippen molar-refractivity contribution >= 4 is 26.5 Å². The van der Waals surface area contributed by atoms with Crippen LogP contribution in [0.1, 0.15) is 10.4 Å². The molecule has 5 heteroatoms. The van der Waals surface area contributed by atoms with E-state index in [9.17, 15) is 13.2 Å². The maximum Gasteiger partial charge on any atom is 0.252 e. The highest BCUT2D eigenvalue weighted by atomic mass is 32.2. The van der Waals surface area contributed by atoms with Crippen molar-refractivity contribution in [3.8, 4) is 0 Å². The van der Waals surface area contributed by atoms with E-state index in [2.05, 4.69) is 5.32 Å². The van der Waals surface area contributed by atoms with Gasteiger partial charge in [0.25, 0.3) is 5.91 Å². The maximum atomic E-state index is 12.3. The van der Waals surface area contributed by atoms with Crippen LogP contribution in [-0.4, -0.2) is 26.1 Å². The van der Waals surface area contributed by atoms with E-state index in [0.29, 0.717) is 5.56 Å². The van der Waals surface area contributed by atoms with Crippen molar-refractivity contribution in [3.63, 3.8) is 0 Å². The zero-order valence-corrected chi connectivity index (χ0v) is 11.4. The van der Waals surface area contributed by atoms with Crippen molar-refractivity contribution in [2.45, 2.75) is 6.04 Å². The second-order valence-corrected chi connectivity index (χ2v) is 6.70. The van der Waals surface area contributed by atoms with E-state index in [-0.39, 0.29) is 11.7 Å². The molecule has 0 saturated carbocycles. The fourth-order valence-electron chi connectivity index (χ4n) is 2.34. The number of hydrogen-bond acceptors (Lipinski definition) is 3. The number of fused-ring (bicyclic) bond motifs is 1. The summed E-state index contributed by atoms with van der Waals surface area (Å²) in [6, 6.07) is 12.6. The predicted molar refractivity (Wildman–Crippen MR) is 78.1 cm³/mol. The third-order valence-corrected chi connectivity index (χ3v) is 4.68. The molecule has 1 aliphatic rings. The number of sulfone groups is 1. The first kappa shape index (κ1) is 12.9. The quantitative estimate of drug-likeness (QED) is 0.917. The number of nitrogens with one attached hydrogen (secondary N) is 1. The van der Waals surface area contributed by atoms with Crippen molar-refractivity contribution in [2.24, 2.45) is 0 Å². The van der Waals surface area contributed by atoms with E-state index >= 15 is 0 Å². The zero-order valence-electron chi connectivity index (χ0n) is 10.6. The lowest BCUT2D eigenvalue weighted by Crippen LogP contribution is -2.35. The van der Waals surface area contributed by atoms with Gasteiger partial charge in [0, 0.05) is 11.0 Å². The molecule has 1 heterocycles. The lowest BCUT2D eigenvalue weighted by molar-refractivity contribution is 0.0949. The van der Waals surface area contributed by atoms with E-state index in [1.54, 1.807) is 6.07 Å². The summed E-state index contributed by atoms with van der Waals surface area (Å²) in [5.41, 5.74) is 0.556. The zero-order chi connectivity index (χ0) is 14.2. The molecule has 3 rings (SSSR count). The van der Waals surface area contributed by atoms with Crippen LogP contribution >= 0.6 is 0 Å². The lowest BCUT2D eigenvalue weighted by Gasteiger charge is -2.11. The molecule has 0 saturated heterocycles. The van der Waals surface area contributed by atoms with Gasteiger partial charge in [-0.1, -0.05) is 36.4 Å². The Labute approximate surface area is 117 Å². The van der Waals surface area contributed by atoms with Gasteiger partial charge in [-0.25, -0.2) is 8.42 Å². The Morgan fingerprint density at radius 3 is 2.60 bits per heavy atom. The largest absolute Gasteiger partial charge is 0.345 e. The molecule has 0 aliphatic carbocycles. The number of benzene rings is 2. The molecule has 1 atom stereocenters. The van der Waals surface area contributed by atoms with Gasteiger partial charge in [-0.2, -0.15) is 0 Å². The molecule has 0 unspecified atom stereocenters. The van der Waals surface area contributed by atoms with Gasteiger partial charge in [0.2, 0.25) is 0 Å². The second-order valence-electron chi connectivity index (χ2n) is 4.76. The van der Waals surface area contributed by atoms with Gasteiger partial charge in [-0.05, 0) is 22.9 Å². The number of rotatable bonds is 2. The fourth-order valence-corrected chi connectivity index (χ4v) is 3.57. The third-order valence-electron chi connectivity index (χ3n) is 3.28. The van der Waals surface area contributed by atoms with Crippen LogP contribution in [0.4, 0.5) is 0 Å².